The molecule has 0 radical (unpaired) electrons. The Morgan fingerprint density at radius 2 is 1.86 bits per heavy atom. The molecule has 0 aromatic heterocycles. The summed E-state index contributed by atoms with van der Waals surface area (Å²) >= 11 is 0. The van der Waals surface area contributed by atoms with Crippen LogP contribution in [0, 0.1) is 12.8 Å². The van der Waals surface area contributed by atoms with E-state index in [1.165, 1.54) is 17.1 Å². The van der Waals surface area contributed by atoms with Crippen molar-refractivity contribution < 1.29 is 17.9 Å². The third-order valence-electron chi connectivity index (χ3n) is 6.04. The van der Waals surface area contributed by atoms with Crippen LogP contribution in [0.5, 0.6) is 5.75 Å². The fourth-order valence-corrected chi connectivity index (χ4v) is 5.98. The van der Waals surface area contributed by atoms with E-state index in [0.717, 1.165) is 37.7 Å². The number of amides is 1. The second-order valence-corrected chi connectivity index (χ2v) is 10.2. The predicted molar refractivity (Wildman–Crippen MR) is 113 cm³/mol. The number of piperidine rings is 1. The number of hydrogen-bond donors (Lipinski definition) is 1. The molecule has 1 aromatic carbocycles. The number of carbonyl (C=O) groups excluding carboxylic acids is 1. The SMILES string of the molecule is CCOc1ccc(S(=O)(=O)N2CCC[C@@H](C(=O)NC3CCCCCC3)C2)cc1C. The molecule has 6 nitrogen and oxygen atoms in total. The van der Waals surface area contributed by atoms with Gasteiger partial charge in [-0.2, -0.15) is 4.31 Å². The van der Waals surface area contributed by atoms with Gasteiger partial charge in [0.1, 0.15) is 5.75 Å². The Bertz CT molecular complexity index is 801. The van der Waals surface area contributed by atoms with E-state index in [1.807, 2.05) is 13.8 Å². The zero-order chi connectivity index (χ0) is 20.9. The molecule has 1 aliphatic heterocycles. The summed E-state index contributed by atoms with van der Waals surface area (Å²) in [4.78, 5) is 13.1. The molecule has 1 atom stereocenters. The standard InChI is InChI=1S/C22H34N2O4S/c1-3-28-21-13-12-20(15-17(21)2)29(26,27)24-14-8-9-18(16-24)22(25)23-19-10-6-4-5-7-11-19/h12-13,15,18-19H,3-11,14,16H2,1-2H3,(H,23,25)/t18-/m1/s1. The van der Waals surface area contributed by atoms with Gasteiger partial charge in [-0.05, 0) is 63.3 Å². The van der Waals surface area contributed by atoms with Crippen LogP contribution >= 0.6 is 0 Å². The summed E-state index contributed by atoms with van der Waals surface area (Å²) in [5, 5.41) is 3.19. The second kappa shape index (κ2) is 9.94. The fraction of sp³-hybridized carbons (Fsp3) is 0.682. The van der Waals surface area contributed by atoms with Gasteiger partial charge in [0, 0.05) is 19.1 Å². The van der Waals surface area contributed by atoms with Crippen LogP contribution in [0.25, 0.3) is 0 Å². The van der Waals surface area contributed by atoms with E-state index in [1.54, 1.807) is 18.2 Å². The van der Waals surface area contributed by atoms with Gasteiger partial charge in [0.2, 0.25) is 15.9 Å². The van der Waals surface area contributed by atoms with E-state index in [2.05, 4.69) is 5.32 Å². The first kappa shape index (κ1) is 22.1. The zero-order valence-electron chi connectivity index (χ0n) is 17.7. The zero-order valence-corrected chi connectivity index (χ0v) is 18.5. The van der Waals surface area contributed by atoms with Crippen molar-refractivity contribution in [3.8, 4) is 5.75 Å². The Balaban J connectivity index is 1.67. The number of benzene rings is 1. The van der Waals surface area contributed by atoms with Crippen LogP contribution in [0.2, 0.25) is 0 Å². The van der Waals surface area contributed by atoms with E-state index in [0.29, 0.717) is 25.3 Å². The molecule has 7 heteroatoms. The number of ether oxygens (including phenoxy) is 1. The van der Waals surface area contributed by atoms with Crippen molar-refractivity contribution in [3.05, 3.63) is 23.8 Å². The topological polar surface area (TPSA) is 75.7 Å². The smallest absolute Gasteiger partial charge is 0.243 e. The van der Waals surface area contributed by atoms with Crippen molar-refractivity contribution in [3.63, 3.8) is 0 Å². The summed E-state index contributed by atoms with van der Waals surface area (Å²) in [5.74, 6) is 0.441. The Kier molecular flexibility index (Phi) is 7.57. The van der Waals surface area contributed by atoms with E-state index >= 15 is 0 Å². The fourth-order valence-electron chi connectivity index (χ4n) is 4.37. The van der Waals surface area contributed by atoms with Gasteiger partial charge in [0.15, 0.2) is 0 Å². The average molecular weight is 423 g/mol. The number of sulfonamides is 1. The molecule has 29 heavy (non-hydrogen) atoms. The summed E-state index contributed by atoms with van der Waals surface area (Å²) in [6, 6.07) is 5.22. The lowest BCUT2D eigenvalue weighted by molar-refractivity contribution is -0.126. The summed E-state index contributed by atoms with van der Waals surface area (Å²) in [6.45, 7) is 5.01. The maximum absolute atomic E-state index is 13.2. The van der Waals surface area contributed by atoms with Crippen LogP contribution < -0.4 is 10.1 Å². The van der Waals surface area contributed by atoms with Crippen molar-refractivity contribution in [2.75, 3.05) is 19.7 Å². The van der Waals surface area contributed by atoms with Crippen LogP contribution in [-0.2, 0) is 14.8 Å². The number of hydrogen-bond acceptors (Lipinski definition) is 4. The lowest BCUT2D eigenvalue weighted by Crippen LogP contribution is -2.47. The quantitative estimate of drug-likeness (QED) is 0.710. The highest BCUT2D eigenvalue weighted by atomic mass is 32.2. The summed E-state index contributed by atoms with van der Waals surface area (Å²) in [5.41, 5.74) is 0.799. The predicted octanol–water partition coefficient (Wildman–Crippen LogP) is 3.63. The van der Waals surface area contributed by atoms with Gasteiger partial charge in [-0.15, -0.1) is 0 Å². The van der Waals surface area contributed by atoms with Crippen molar-refractivity contribution in [1.82, 2.24) is 9.62 Å². The van der Waals surface area contributed by atoms with Gasteiger partial charge in [-0.3, -0.25) is 4.79 Å². The molecule has 1 heterocycles. The van der Waals surface area contributed by atoms with E-state index in [-0.39, 0.29) is 29.3 Å². The summed E-state index contributed by atoms with van der Waals surface area (Å²) in [6.07, 6.45) is 8.32. The van der Waals surface area contributed by atoms with E-state index in [4.69, 9.17) is 4.74 Å². The van der Waals surface area contributed by atoms with Crippen molar-refractivity contribution >= 4 is 15.9 Å². The number of rotatable bonds is 6. The highest BCUT2D eigenvalue weighted by Gasteiger charge is 2.34. The molecule has 0 spiro atoms. The largest absolute Gasteiger partial charge is 0.494 e. The molecule has 1 amide bonds. The lowest BCUT2D eigenvalue weighted by atomic mass is 9.97. The van der Waals surface area contributed by atoms with Crippen LogP contribution in [0.3, 0.4) is 0 Å². The molecule has 1 aromatic rings. The maximum Gasteiger partial charge on any atom is 0.243 e. The molecule has 0 unspecified atom stereocenters. The van der Waals surface area contributed by atoms with Crippen LogP contribution in [0.1, 0.15) is 63.9 Å². The minimum Gasteiger partial charge on any atom is -0.494 e. The van der Waals surface area contributed by atoms with Crippen molar-refractivity contribution in [1.29, 1.82) is 0 Å². The third-order valence-corrected chi connectivity index (χ3v) is 7.90. The maximum atomic E-state index is 13.2. The molecular weight excluding hydrogens is 388 g/mol. The lowest BCUT2D eigenvalue weighted by Gasteiger charge is -2.32. The molecule has 1 saturated heterocycles. The normalized spacial score (nSPS) is 22.1. The van der Waals surface area contributed by atoms with Crippen molar-refractivity contribution in [2.45, 2.75) is 76.2 Å². The van der Waals surface area contributed by atoms with Crippen LogP contribution in [0.15, 0.2) is 23.1 Å². The highest BCUT2D eigenvalue weighted by molar-refractivity contribution is 7.89. The monoisotopic (exact) mass is 422 g/mol. The van der Waals surface area contributed by atoms with Gasteiger partial charge in [-0.1, -0.05) is 25.7 Å². The first-order valence-corrected chi connectivity index (χ1v) is 12.4. The molecular formula is C22H34N2O4S. The second-order valence-electron chi connectivity index (χ2n) is 8.26. The van der Waals surface area contributed by atoms with Crippen LogP contribution in [0.4, 0.5) is 0 Å². The van der Waals surface area contributed by atoms with Gasteiger partial charge < -0.3 is 10.1 Å². The number of nitrogens with one attached hydrogen (secondary N) is 1. The van der Waals surface area contributed by atoms with Gasteiger partial charge in [0.25, 0.3) is 0 Å². The Morgan fingerprint density at radius 1 is 1.14 bits per heavy atom. The molecule has 162 valence electrons. The van der Waals surface area contributed by atoms with E-state index in [9.17, 15) is 13.2 Å². The van der Waals surface area contributed by atoms with Gasteiger partial charge in [-0.25, -0.2) is 8.42 Å². The van der Waals surface area contributed by atoms with Gasteiger partial charge >= 0.3 is 0 Å². The first-order valence-electron chi connectivity index (χ1n) is 11.0. The molecule has 3 rings (SSSR count). The summed E-state index contributed by atoms with van der Waals surface area (Å²) < 4.78 is 33.3. The molecule has 1 saturated carbocycles. The highest BCUT2D eigenvalue weighted by Crippen LogP contribution is 2.28. The first-order chi connectivity index (χ1) is 13.9. The molecule has 0 bridgehead atoms. The Labute approximate surface area is 175 Å². The minimum absolute atomic E-state index is 0.0136. The van der Waals surface area contributed by atoms with E-state index < -0.39 is 10.0 Å². The third kappa shape index (κ3) is 5.51. The number of carbonyl (C=O) groups is 1. The number of nitrogens with zero attached hydrogens (tertiary/aromatic N) is 1. The minimum atomic E-state index is -3.62. The Morgan fingerprint density at radius 3 is 2.52 bits per heavy atom. The molecule has 2 aliphatic rings. The van der Waals surface area contributed by atoms with Crippen molar-refractivity contribution in [2.24, 2.45) is 5.92 Å². The molecule has 1 aliphatic carbocycles. The van der Waals surface area contributed by atoms with Crippen LogP contribution in [-0.4, -0.2) is 44.4 Å². The summed E-state index contributed by atoms with van der Waals surface area (Å²) in [7, 11) is -3.62. The molecule has 2 fully saturated rings. The molecule has 1 N–H and O–H groups in total. The van der Waals surface area contributed by atoms with Gasteiger partial charge in [0.05, 0.1) is 17.4 Å². The number of aryl methyl sites for hydroxylation is 1. The Hall–Kier alpha value is -1.60. The average Bonchev–Trinajstić information content (AvgIpc) is 2.98.